The Morgan fingerprint density at radius 1 is 1.67 bits per heavy atom. The fourth-order valence-corrected chi connectivity index (χ4v) is 1.58. The summed E-state index contributed by atoms with van der Waals surface area (Å²) < 4.78 is 4.23. The Kier molecular flexibility index (Phi) is 1.96. The molecule has 12 heavy (non-hydrogen) atoms. The molecule has 1 saturated carbocycles. The Morgan fingerprint density at radius 3 is 3.17 bits per heavy atom. The van der Waals surface area contributed by atoms with E-state index in [1.807, 2.05) is 0 Å². The lowest BCUT2D eigenvalue weighted by molar-refractivity contribution is 0.985. The van der Waals surface area contributed by atoms with Crippen LogP contribution in [0, 0.1) is 12.3 Å². The van der Waals surface area contributed by atoms with Crippen LogP contribution in [0.2, 0.25) is 0 Å². The molecule has 0 spiro atoms. The highest BCUT2D eigenvalue weighted by molar-refractivity contribution is 7.09. The van der Waals surface area contributed by atoms with Crippen LogP contribution < -0.4 is 5.32 Å². The van der Waals surface area contributed by atoms with Gasteiger partial charge >= 0.3 is 0 Å². The van der Waals surface area contributed by atoms with E-state index in [0.29, 0.717) is 12.5 Å². The van der Waals surface area contributed by atoms with Gasteiger partial charge in [0.2, 0.25) is 5.13 Å². The number of hydrogen-bond acceptors (Lipinski definition) is 4. The van der Waals surface area contributed by atoms with Crippen molar-refractivity contribution in [3.63, 3.8) is 0 Å². The molecule has 0 saturated heterocycles. The molecule has 0 unspecified atom stereocenters. The van der Waals surface area contributed by atoms with E-state index in [2.05, 4.69) is 20.6 Å². The molecule has 1 N–H and O–H groups in total. The van der Waals surface area contributed by atoms with Crippen LogP contribution in [0.3, 0.4) is 0 Å². The number of nitrogens with one attached hydrogen (secondary N) is 1. The molecule has 1 aliphatic rings. The van der Waals surface area contributed by atoms with Crippen LogP contribution in [0.4, 0.5) is 5.13 Å². The smallest absolute Gasteiger partial charge is 0.203 e. The van der Waals surface area contributed by atoms with Crippen LogP contribution in [-0.4, -0.2) is 15.9 Å². The molecular formula is C8H9N3S. The molecule has 0 aliphatic heterocycles. The second-order valence-electron chi connectivity index (χ2n) is 2.79. The monoisotopic (exact) mass is 179 g/mol. The first-order valence-electron chi connectivity index (χ1n) is 3.91. The molecule has 0 bridgehead atoms. The number of rotatable bonds is 3. The summed E-state index contributed by atoms with van der Waals surface area (Å²) in [5, 5.41) is 3.85. The predicted molar refractivity (Wildman–Crippen MR) is 49.2 cm³/mol. The van der Waals surface area contributed by atoms with Crippen molar-refractivity contribution in [1.29, 1.82) is 0 Å². The van der Waals surface area contributed by atoms with Crippen LogP contribution in [0.25, 0.3) is 0 Å². The van der Waals surface area contributed by atoms with Crippen molar-refractivity contribution in [3.8, 4) is 12.3 Å². The molecular weight excluding hydrogens is 170 g/mol. The molecule has 1 aliphatic carbocycles. The van der Waals surface area contributed by atoms with E-state index in [9.17, 15) is 0 Å². The molecule has 3 nitrogen and oxygen atoms in total. The maximum atomic E-state index is 5.10. The lowest BCUT2D eigenvalue weighted by atomic mass is 10.4. The number of anilines is 1. The molecule has 1 heterocycles. The van der Waals surface area contributed by atoms with E-state index >= 15 is 0 Å². The molecule has 0 amide bonds. The number of terminal acetylenes is 1. The van der Waals surface area contributed by atoms with Crippen LogP contribution in [0.15, 0.2) is 0 Å². The van der Waals surface area contributed by atoms with Crippen molar-refractivity contribution >= 4 is 16.7 Å². The lowest BCUT2D eigenvalue weighted by Gasteiger charge is -1.91. The van der Waals surface area contributed by atoms with E-state index in [0.717, 1.165) is 11.0 Å². The summed E-state index contributed by atoms with van der Waals surface area (Å²) in [5.74, 6) is 4.11. The van der Waals surface area contributed by atoms with Gasteiger partial charge in [0.25, 0.3) is 0 Å². The highest BCUT2D eigenvalue weighted by atomic mass is 32.1. The summed E-state index contributed by atoms with van der Waals surface area (Å²) in [6.07, 6.45) is 7.58. The summed E-state index contributed by atoms with van der Waals surface area (Å²) in [4.78, 5) is 4.31. The first-order chi connectivity index (χ1) is 5.90. The minimum Gasteiger partial charge on any atom is -0.349 e. The van der Waals surface area contributed by atoms with Crippen molar-refractivity contribution in [3.05, 3.63) is 5.82 Å². The number of nitrogens with zero attached hydrogens (tertiary/aromatic N) is 2. The van der Waals surface area contributed by atoms with E-state index in [1.54, 1.807) is 0 Å². The first-order valence-corrected chi connectivity index (χ1v) is 4.68. The van der Waals surface area contributed by atoms with Gasteiger partial charge in [-0.1, -0.05) is 5.92 Å². The van der Waals surface area contributed by atoms with Crippen LogP contribution in [0.1, 0.15) is 24.6 Å². The summed E-state index contributed by atoms with van der Waals surface area (Å²) >= 11 is 1.39. The van der Waals surface area contributed by atoms with Crippen molar-refractivity contribution in [2.24, 2.45) is 0 Å². The Hall–Kier alpha value is -1.08. The summed E-state index contributed by atoms with van der Waals surface area (Å²) in [6, 6.07) is 0. The fraction of sp³-hybridized carbons (Fsp3) is 0.500. The Labute approximate surface area is 75.4 Å². The van der Waals surface area contributed by atoms with Gasteiger partial charge in [-0.05, 0) is 12.8 Å². The van der Waals surface area contributed by atoms with Gasteiger partial charge < -0.3 is 5.32 Å². The molecule has 1 aromatic rings. The third-order valence-corrected chi connectivity index (χ3v) is 2.41. The van der Waals surface area contributed by atoms with Gasteiger partial charge in [-0.2, -0.15) is 4.37 Å². The Balaban J connectivity index is 1.99. The second-order valence-corrected chi connectivity index (χ2v) is 3.54. The van der Waals surface area contributed by atoms with Crippen molar-refractivity contribution in [2.45, 2.75) is 18.8 Å². The largest absolute Gasteiger partial charge is 0.349 e. The van der Waals surface area contributed by atoms with Crippen molar-refractivity contribution in [1.82, 2.24) is 9.36 Å². The fourth-order valence-electron chi connectivity index (χ4n) is 0.941. The minimum absolute atomic E-state index is 0.527. The number of aromatic nitrogens is 2. The predicted octanol–water partition coefficient (Wildman–Crippen LogP) is 1.46. The quantitative estimate of drug-likeness (QED) is 0.714. The molecule has 0 aromatic carbocycles. The zero-order valence-electron chi connectivity index (χ0n) is 6.58. The van der Waals surface area contributed by atoms with Crippen LogP contribution in [-0.2, 0) is 0 Å². The molecule has 0 radical (unpaired) electrons. The van der Waals surface area contributed by atoms with E-state index in [4.69, 9.17) is 6.42 Å². The van der Waals surface area contributed by atoms with Gasteiger partial charge in [-0.3, -0.25) is 0 Å². The highest BCUT2D eigenvalue weighted by Gasteiger charge is 2.27. The Bertz CT molecular complexity index is 308. The van der Waals surface area contributed by atoms with Crippen LogP contribution >= 0.6 is 11.5 Å². The molecule has 0 atom stereocenters. The van der Waals surface area contributed by atoms with Gasteiger partial charge in [0.05, 0.1) is 6.54 Å². The van der Waals surface area contributed by atoms with E-state index < -0.39 is 0 Å². The molecule has 1 aromatic heterocycles. The van der Waals surface area contributed by atoms with Gasteiger partial charge in [0.1, 0.15) is 5.82 Å². The van der Waals surface area contributed by atoms with Crippen molar-refractivity contribution in [2.75, 3.05) is 11.9 Å². The highest BCUT2D eigenvalue weighted by Crippen LogP contribution is 2.39. The van der Waals surface area contributed by atoms with Crippen molar-refractivity contribution < 1.29 is 0 Å². The Morgan fingerprint density at radius 2 is 2.50 bits per heavy atom. The normalized spacial score (nSPS) is 15.6. The van der Waals surface area contributed by atoms with Gasteiger partial charge in [0, 0.05) is 17.5 Å². The van der Waals surface area contributed by atoms with Crippen LogP contribution in [0.5, 0.6) is 0 Å². The van der Waals surface area contributed by atoms with Gasteiger partial charge in [-0.25, -0.2) is 4.98 Å². The maximum absolute atomic E-state index is 5.10. The molecule has 1 fully saturated rings. The van der Waals surface area contributed by atoms with Gasteiger partial charge in [0.15, 0.2) is 0 Å². The third-order valence-electron chi connectivity index (χ3n) is 1.73. The molecule has 2 rings (SSSR count). The standard InChI is InChI=1S/C8H9N3S/c1-2-5-9-8-10-7(11-12-8)6-3-4-6/h1,6H,3-5H2,(H,9,10,11). The van der Waals surface area contributed by atoms with E-state index in [1.165, 1.54) is 24.4 Å². The zero-order valence-corrected chi connectivity index (χ0v) is 7.40. The lowest BCUT2D eigenvalue weighted by Crippen LogP contribution is -1.97. The zero-order chi connectivity index (χ0) is 8.39. The summed E-state index contributed by atoms with van der Waals surface area (Å²) in [6.45, 7) is 0.527. The summed E-state index contributed by atoms with van der Waals surface area (Å²) in [7, 11) is 0. The molecule has 4 heteroatoms. The average Bonchev–Trinajstić information content (AvgIpc) is 2.83. The SMILES string of the molecule is C#CCNc1nc(C2CC2)ns1. The maximum Gasteiger partial charge on any atom is 0.203 e. The minimum atomic E-state index is 0.527. The molecule has 62 valence electrons. The topological polar surface area (TPSA) is 37.8 Å². The second kappa shape index (κ2) is 3.11. The van der Waals surface area contributed by atoms with Gasteiger partial charge in [-0.15, -0.1) is 6.42 Å². The third kappa shape index (κ3) is 1.56. The summed E-state index contributed by atoms with van der Waals surface area (Å²) in [5.41, 5.74) is 0. The number of hydrogen-bond donors (Lipinski definition) is 1. The first kappa shape index (κ1) is 7.56. The average molecular weight is 179 g/mol. The van der Waals surface area contributed by atoms with E-state index in [-0.39, 0.29) is 0 Å².